The van der Waals surface area contributed by atoms with Crippen LogP contribution in [0.5, 0.6) is 0 Å². The average molecular weight is 382 g/mol. The predicted octanol–water partition coefficient (Wildman–Crippen LogP) is 2.97. The molecule has 1 aromatic heterocycles. The van der Waals surface area contributed by atoms with Crippen LogP contribution in [0, 0.1) is 0 Å². The highest BCUT2D eigenvalue weighted by atomic mass is 127. The van der Waals surface area contributed by atoms with Crippen LogP contribution in [0.1, 0.15) is 6.92 Å². The Bertz CT molecular complexity index is 671. The van der Waals surface area contributed by atoms with Crippen molar-refractivity contribution < 1.29 is 0 Å². The molecule has 4 nitrogen and oxygen atoms in total. The molecule has 0 saturated carbocycles. The van der Waals surface area contributed by atoms with Gasteiger partial charge in [-0.2, -0.15) is 0 Å². The number of aliphatic imine (C=N–C) groups is 1. The molecule has 1 aliphatic rings. The fourth-order valence-corrected chi connectivity index (χ4v) is 2.42. The predicted molar refractivity (Wildman–Crippen MR) is 95.3 cm³/mol. The minimum atomic E-state index is 0. The number of halogens is 1. The van der Waals surface area contributed by atoms with Crippen molar-refractivity contribution in [2.75, 3.05) is 14.1 Å². The fourth-order valence-electron chi connectivity index (χ4n) is 2.42. The van der Waals surface area contributed by atoms with Gasteiger partial charge in [-0.3, -0.25) is 4.99 Å². The summed E-state index contributed by atoms with van der Waals surface area (Å²) < 4.78 is 2.17. The topological polar surface area (TPSA) is 32.6 Å². The Morgan fingerprint density at radius 2 is 1.95 bits per heavy atom. The highest BCUT2D eigenvalue weighted by Gasteiger charge is 2.20. The molecule has 0 bridgehead atoms. The Labute approximate surface area is 136 Å². The maximum absolute atomic E-state index is 4.30. The summed E-state index contributed by atoms with van der Waals surface area (Å²) in [6, 6.07) is 10.8. The Morgan fingerprint density at radius 3 is 2.70 bits per heavy atom. The summed E-state index contributed by atoms with van der Waals surface area (Å²) in [6.07, 6.45) is 4.30. The Hall–Kier alpha value is -1.50. The van der Waals surface area contributed by atoms with Gasteiger partial charge in [-0.15, -0.1) is 24.0 Å². The second-order valence-corrected chi connectivity index (χ2v) is 4.82. The van der Waals surface area contributed by atoms with Crippen molar-refractivity contribution >= 4 is 46.7 Å². The monoisotopic (exact) mass is 382 g/mol. The largest absolute Gasteiger partial charge is 0.339 e. The van der Waals surface area contributed by atoms with E-state index in [0.717, 1.165) is 11.8 Å². The van der Waals surface area contributed by atoms with E-state index in [1.165, 1.54) is 10.9 Å². The second kappa shape index (κ2) is 5.87. The molecule has 1 N–H and O–H groups in total. The van der Waals surface area contributed by atoms with Gasteiger partial charge in [0.05, 0.1) is 11.6 Å². The van der Waals surface area contributed by atoms with E-state index in [1.54, 1.807) is 0 Å². The van der Waals surface area contributed by atoms with Crippen molar-refractivity contribution in [1.82, 2.24) is 14.8 Å². The minimum absolute atomic E-state index is 0. The van der Waals surface area contributed by atoms with Crippen LogP contribution in [0.25, 0.3) is 16.7 Å². The van der Waals surface area contributed by atoms with Crippen LogP contribution < -0.4 is 5.32 Å². The summed E-state index contributed by atoms with van der Waals surface area (Å²) in [5, 5.41) is 4.62. The molecule has 0 radical (unpaired) electrons. The molecule has 0 aliphatic carbocycles. The van der Waals surface area contributed by atoms with Gasteiger partial charge < -0.3 is 14.8 Å². The van der Waals surface area contributed by atoms with Crippen molar-refractivity contribution in [1.29, 1.82) is 0 Å². The zero-order chi connectivity index (χ0) is 13.4. The smallest absolute Gasteiger partial charge is 0.199 e. The molecular formula is C15H19IN4. The lowest BCUT2D eigenvalue weighted by molar-refractivity contribution is 0.429. The number of hydrogen-bond donors (Lipinski definition) is 1. The van der Waals surface area contributed by atoms with Gasteiger partial charge in [-0.1, -0.05) is 18.2 Å². The molecule has 2 aromatic rings. The van der Waals surface area contributed by atoms with Gasteiger partial charge in [0, 0.05) is 20.3 Å². The number of rotatable bonds is 1. The lowest BCUT2D eigenvalue weighted by Crippen LogP contribution is -2.47. The normalized spacial score (nSPS) is 20.6. The molecule has 1 aliphatic heterocycles. The summed E-state index contributed by atoms with van der Waals surface area (Å²) in [6.45, 7) is 2.16. The second-order valence-electron chi connectivity index (χ2n) is 4.82. The van der Waals surface area contributed by atoms with Gasteiger partial charge in [0.1, 0.15) is 5.82 Å². The number of aromatic nitrogens is 1. The van der Waals surface area contributed by atoms with Crippen molar-refractivity contribution in [2.24, 2.45) is 4.99 Å². The van der Waals surface area contributed by atoms with Crippen LogP contribution >= 0.6 is 24.0 Å². The summed E-state index contributed by atoms with van der Waals surface area (Å²) in [4.78, 5) is 6.42. The van der Waals surface area contributed by atoms with E-state index in [0.29, 0.717) is 6.04 Å². The lowest BCUT2D eigenvalue weighted by atomic mass is 10.2. The van der Waals surface area contributed by atoms with E-state index in [9.17, 15) is 0 Å². The number of likely N-dealkylation sites (N-methyl/N-ethyl adjacent to an activating group) is 1. The first-order valence-corrected chi connectivity index (χ1v) is 6.45. The Kier molecular flexibility index (Phi) is 4.37. The first-order valence-electron chi connectivity index (χ1n) is 6.45. The van der Waals surface area contributed by atoms with Gasteiger partial charge in [0.25, 0.3) is 0 Å². The first-order chi connectivity index (χ1) is 9.20. The number of benzene rings is 1. The van der Waals surface area contributed by atoms with Crippen LogP contribution in [-0.2, 0) is 0 Å². The first kappa shape index (κ1) is 14.9. The van der Waals surface area contributed by atoms with Crippen LogP contribution in [0.3, 0.4) is 0 Å². The zero-order valence-corrected chi connectivity index (χ0v) is 14.2. The number of nitrogens with one attached hydrogen (secondary N) is 1. The number of para-hydroxylation sites is 1. The number of guanidine groups is 1. The van der Waals surface area contributed by atoms with Crippen LogP contribution in [0.2, 0.25) is 0 Å². The third kappa shape index (κ3) is 2.42. The molecule has 0 spiro atoms. The van der Waals surface area contributed by atoms with Gasteiger partial charge in [0.2, 0.25) is 0 Å². The van der Waals surface area contributed by atoms with Crippen molar-refractivity contribution in [3.05, 3.63) is 42.6 Å². The molecule has 3 rings (SSSR count). The van der Waals surface area contributed by atoms with Gasteiger partial charge in [-0.05, 0) is 30.5 Å². The van der Waals surface area contributed by atoms with E-state index < -0.39 is 0 Å². The number of fused-ring (bicyclic) bond motifs is 1. The van der Waals surface area contributed by atoms with Crippen LogP contribution in [0.15, 0.2) is 47.6 Å². The standard InChI is InChI=1S/C15H18N4.HI/c1-11-10-14(17-15(16-2)18(11)3)19-9-8-12-6-4-5-7-13(12)19;/h4-11H,1-3H3,(H,16,17);1H. The van der Waals surface area contributed by atoms with Crippen molar-refractivity contribution in [3.8, 4) is 0 Å². The van der Waals surface area contributed by atoms with E-state index in [2.05, 4.69) is 69.3 Å². The van der Waals surface area contributed by atoms with E-state index >= 15 is 0 Å². The molecule has 0 saturated heterocycles. The molecule has 5 heteroatoms. The summed E-state index contributed by atoms with van der Waals surface area (Å²) in [5.41, 5.74) is 1.20. The van der Waals surface area contributed by atoms with Crippen LogP contribution in [-0.4, -0.2) is 35.6 Å². The quantitative estimate of drug-likeness (QED) is 0.770. The molecular weight excluding hydrogens is 363 g/mol. The van der Waals surface area contributed by atoms with Crippen molar-refractivity contribution in [3.63, 3.8) is 0 Å². The third-order valence-electron chi connectivity index (χ3n) is 3.65. The highest BCUT2D eigenvalue weighted by molar-refractivity contribution is 14.0. The molecule has 2 heterocycles. The Balaban J connectivity index is 0.00000147. The van der Waals surface area contributed by atoms with Gasteiger partial charge in [-0.25, -0.2) is 0 Å². The van der Waals surface area contributed by atoms with E-state index in [-0.39, 0.29) is 24.0 Å². The molecule has 0 fully saturated rings. The SMILES string of the molecule is CN=C1NC(n2ccc3ccccc32)=CC(C)N1C.I. The average Bonchev–Trinajstić information content (AvgIpc) is 2.85. The summed E-state index contributed by atoms with van der Waals surface area (Å²) >= 11 is 0. The third-order valence-corrected chi connectivity index (χ3v) is 3.65. The van der Waals surface area contributed by atoms with Crippen LogP contribution in [0.4, 0.5) is 0 Å². The van der Waals surface area contributed by atoms with E-state index in [4.69, 9.17) is 0 Å². The van der Waals surface area contributed by atoms with Crippen molar-refractivity contribution in [2.45, 2.75) is 13.0 Å². The summed E-state index contributed by atoms with van der Waals surface area (Å²) in [5.74, 6) is 1.95. The highest BCUT2D eigenvalue weighted by Crippen LogP contribution is 2.21. The fraction of sp³-hybridized carbons (Fsp3) is 0.267. The molecule has 20 heavy (non-hydrogen) atoms. The van der Waals surface area contributed by atoms with E-state index in [1.807, 2.05) is 14.1 Å². The summed E-state index contributed by atoms with van der Waals surface area (Å²) in [7, 11) is 3.85. The maximum Gasteiger partial charge on any atom is 0.199 e. The maximum atomic E-state index is 4.30. The zero-order valence-electron chi connectivity index (χ0n) is 11.9. The molecule has 1 atom stereocenters. The number of nitrogens with zero attached hydrogens (tertiary/aromatic N) is 3. The minimum Gasteiger partial charge on any atom is -0.339 e. The molecule has 106 valence electrons. The lowest BCUT2D eigenvalue weighted by Gasteiger charge is -2.32. The van der Waals surface area contributed by atoms with Gasteiger partial charge >= 0.3 is 0 Å². The molecule has 1 unspecified atom stereocenters. The Morgan fingerprint density at radius 1 is 1.20 bits per heavy atom. The molecule has 0 amide bonds. The number of hydrogen-bond acceptors (Lipinski definition) is 1. The van der Waals surface area contributed by atoms with Gasteiger partial charge in [0.15, 0.2) is 5.96 Å². The molecule has 1 aromatic carbocycles.